The van der Waals surface area contributed by atoms with Crippen LogP contribution in [0.25, 0.3) is 0 Å². The zero-order valence-electron chi connectivity index (χ0n) is 8.94. The molecule has 84 valence electrons. The number of nitrogens with zero attached hydrogens (tertiary/aromatic N) is 1. The Morgan fingerprint density at radius 2 is 2.12 bits per heavy atom. The third-order valence-corrected chi connectivity index (χ3v) is 2.80. The van der Waals surface area contributed by atoms with Crippen molar-refractivity contribution in [3.63, 3.8) is 0 Å². The molecule has 0 aliphatic carbocycles. The van der Waals surface area contributed by atoms with Crippen molar-refractivity contribution in [1.82, 2.24) is 0 Å². The Labute approximate surface area is 109 Å². The van der Waals surface area contributed by atoms with E-state index in [1.807, 2.05) is 30.3 Å². The highest BCUT2D eigenvalue weighted by atomic mass is 127. The van der Waals surface area contributed by atoms with E-state index >= 15 is 0 Å². The molecule has 0 spiro atoms. The van der Waals surface area contributed by atoms with Crippen LogP contribution in [0.5, 0.6) is 0 Å². The summed E-state index contributed by atoms with van der Waals surface area (Å²) in [5.74, 6) is -1.15. The number of nitriles is 1. The molecule has 3 nitrogen and oxygen atoms in total. The molecule has 0 aliphatic heterocycles. The highest BCUT2D eigenvalue weighted by Gasteiger charge is 2.19. The molecule has 1 atom stereocenters. The summed E-state index contributed by atoms with van der Waals surface area (Å²) in [4.78, 5) is 11.4. The summed E-state index contributed by atoms with van der Waals surface area (Å²) in [6, 6.07) is 9.72. The maximum Gasteiger partial charge on any atom is 0.323 e. The maximum absolute atomic E-state index is 11.4. The minimum absolute atomic E-state index is 0.309. The molecule has 0 aromatic heterocycles. The molecule has 0 N–H and O–H groups in total. The molecule has 0 bridgehead atoms. The van der Waals surface area contributed by atoms with Gasteiger partial charge in [0.25, 0.3) is 0 Å². The Bertz CT molecular complexity index is 394. The molecule has 0 heterocycles. The second-order valence-electron chi connectivity index (χ2n) is 3.26. The van der Waals surface area contributed by atoms with Gasteiger partial charge in [-0.1, -0.05) is 12.1 Å². The van der Waals surface area contributed by atoms with E-state index < -0.39 is 11.9 Å². The molecule has 1 rings (SSSR count). The standard InChI is InChI=1S/C12H12INO2/c1-2-16-12(15)10(8-14)7-9-3-5-11(13)6-4-9/h3-6,10H,2,7H2,1H3. The van der Waals surface area contributed by atoms with Crippen LogP contribution in [0.4, 0.5) is 0 Å². The second kappa shape index (κ2) is 6.48. The summed E-state index contributed by atoms with van der Waals surface area (Å²) >= 11 is 2.21. The molecular formula is C12H12INO2. The van der Waals surface area contributed by atoms with Crippen molar-refractivity contribution in [2.45, 2.75) is 13.3 Å². The molecule has 0 amide bonds. The van der Waals surface area contributed by atoms with Gasteiger partial charge in [-0.05, 0) is 53.6 Å². The molecule has 1 aromatic carbocycles. The Morgan fingerprint density at radius 1 is 1.50 bits per heavy atom. The number of esters is 1. The summed E-state index contributed by atoms with van der Waals surface area (Å²) in [6.45, 7) is 2.04. The van der Waals surface area contributed by atoms with Crippen LogP contribution in [-0.4, -0.2) is 12.6 Å². The fourth-order valence-electron chi connectivity index (χ4n) is 1.28. The summed E-state index contributed by atoms with van der Waals surface area (Å²) in [7, 11) is 0. The summed E-state index contributed by atoms with van der Waals surface area (Å²) in [6.07, 6.45) is 0.409. The van der Waals surface area contributed by atoms with Crippen LogP contribution in [0.2, 0.25) is 0 Å². The lowest BCUT2D eigenvalue weighted by molar-refractivity contribution is -0.145. The molecule has 4 heteroatoms. The molecular weight excluding hydrogens is 317 g/mol. The Balaban J connectivity index is 2.67. The highest BCUT2D eigenvalue weighted by Crippen LogP contribution is 2.12. The van der Waals surface area contributed by atoms with Crippen LogP contribution >= 0.6 is 22.6 Å². The van der Waals surface area contributed by atoms with E-state index in [1.54, 1.807) is 6.92 Å². The van der Waals surface area contributed by atoms with E-state index in [0.29, 0.717) is 13.0 Å². The van der Waals surface area contributed by atoms with E-state index in [9.17, 15) is 4.79 Å². The predicted molar refractivity (Wildman–Crippen MR) is 68.6 cm³/mol. The van der Waals surface area contributed by atoms with Gasteiger partial charge in [0, 0.05) is 3.57 Å². The van der Waals surface area contributed by atoms with Crippen molar-refractivity contribution in [2.24, 2.45) is 5.92 Å². The van der Waals surface area contributed by atoms with Gasteiger partial charge in [0.2, 0.25) is 0 Å². The monoisotopic (exact) mass is 329 g/mol. The quantitative estimate of drug-likeness (QED) is 0.630. The van der Waals surface area contributed by atoms with Gasteiger partial charge in [0.05, 0.1) is 12.7 Å². The van der Waals surface area contributed by atoms with Crippen molar-refractivity contribution in [1.29, 1.82) is 5.26 Å². The first kappa shape index (κ1) is 13.0. The van der Waals surface area contributed by atoms with E-state index in [2.05, 4.69) is 22.6 Å². The fourth-order valence-corrected chi connectivity index (χ4v) is 1.64. The highest BCUT2D eigenvalue weighted by molar-refractivity contribution is 14.1. The van der Waals surface area contributed by atoms with Crippen LogP contribution < -0.4 is 0 Å². The van der Waals surface area contributed by atoms with Gasteiger partial charge in [0.1, 0.15) is 5.92 Å². The van der Waals surface area contributed by atoms with Gasteiger partial charge in [-0.2, -0.15) is 5.26 Å². The van der Waals surface area contributed by atoms with Gasteiger partial charge >= 0.3 is 5.97 Å². The second-order valence-corrected chi connectivity index (χ2v) is 4.51. The molecule has 0 aliphatic rings. The van der Waals surface area contributed by atoms with E-state index in [-0.39, 0.29) is 0 Å². The van der Waals surface area contributed by atoms with Crippen molar-refractivity contribution in [2.75, 3.05) is 6.61 Å². The zero-order valence-corrected chi connectivity index (χ0v) is 11.1. The molecule has 0 radical (unpaired) electrons. The van der Waals surface area contributed by atoms with Crippen molar-refractivity contribution in [3.05, 3.63) is 33.4 Å². The largest absolute Gasteiger partial charge is 0.465 e. The summed E-state index contributed by atoms with van der Waals surface area (Å²) < 4.78 is 5.96. The predicted octanol–water partition coefficient (Wildman–Crippen LogP) is 2.54. The Kier molecular flexibility index (Phi) is 5.26. The van der Waals surface area contributed by atoms with E-state index in [1.165, 1.54) is 0 Å². The number of halogens is 1. The minimum Gasteiger partial charge on any atom is -0.465 e. The molecule has 0 fully saturated rings. The normalized spacial score (nSPS) is 11.6. The minimum atomic E-state index is -0.708. The molecule has 1 aromatic rings. The lowest BCUT2D eigenvalue weighted by Crippen LogP contribution is -2.18. The van der Waals surface area contributed by atoms with E-state index in [0.717, 1.165) is 9.13 Å². The number of carbonyl (C=O) groups is 1. The first-order chi connectivity index (χ1) is 7.67. The third kappa shape index (κ3) is 3.81. The van der Waals surface area contributed by atoms with Gasteiger partial charge < -0.3 is 4.74 Å². The lowest BCUT2D eigenvalue weighted by atomic mass is 10.0. The average molecular weight is 329 g/mol. The molecule has 1 unspecified atom stereocenters. The van der Waals surface area contributed by atoms with E-state index in [4.69, 9.17) is 10.00 Å². The van der Waals surface area contributed by atoms with Crippen LogP contribution in [0.3, 0.4) is 0 Å². The summed E-state index contributed by atoms with van der Waals surface area (Å²) in [5, 5.41) is 8.89. The van der Waals surface area contributed by atoms with Gasteiger partial charge in [0.15, 0.2) is 0 Å². The van der Waals surface area contributed by atoms with Crippen LogP contribution in [0.1, 0.15) is 12.5 Å². The number of hydrogen-bond acceptors (Lipinski definition) is 3. The maximum atomic E-state index is 11.4. The first-order valence-electron chi connectivity index (χ1n) is 4.98. The Morgan fingerprint density at radius 3 is 2.62 bits per heavy atom. The van der Waals surface area contributed by atoms with Gasteiger partial charge in [-0.3, -0.25) is 4.79 Å². The third-order valence-electron chi connectivity index (χ3n) is 2.08. The van der Waals surface area contributed by atoms with Crippen LogP contribution in [0.15, 0.2) is 24.3 Å². The van der Waals surface area contributed by atoms with Crippen LogP contribution in [-0.2, 0) is 16.0 Å². The zero-order chi connectivity index (χ0) is 12.0. The van der Waals surface area contributed by atoms with Crippen molar-refractivity contribution in [3.8, 4) is 6.07 Å². The molecule has 0 saturated heterocycles. The summed E-state index contributed by atoms with van der Waals surface area (Å²) in [5.41, 5.74) is 0.972. The first-order valence-corrected chi connectivity index (χ1v) is 6.06. The van der Waals surface area contributed by atoms with Crippen molar-refractivity contribution >= 4 is 28.6 Å². The Hall–Kier alpha value is -1.09. The molecule has 16 heavy (non-hydrogen) atoms. The SMILES string of the molecule is CCOC(=O)C(C#N)Cc1ccc(I)cc1. The lowest BCUT2D eigenvalue weighted by Gasteiger charge is -2.08. The number of ether oxygens (including phenoxy) is 1. The number of carbonyl (C=O) groups excluding carboxylic acids is 1. The molecule has 0 saturated carbocycles. The number of rotatable bonds is 4. The smallest absolute Gasteiger partial charge is 0.323 e. The van der Waals surface area contributed by atoms with Crippen molar-refractivity contribution < 1.29 is 9.53 Å². The number of hydrogen-bond donors (Lipinski definition) is 0. The van der Waals surface area contributed by atoms with Gasteiger partial charge in [-0.25, -0.2) is 0 Å². The average Bonchev–Trinajstić information content (AvgIpc) is 2.28. The topological polar surface area (TPSA) is 50.1 Å². The fraction of sp³-hybridized carbons (Fsp3) is 0.333. The van der Waals surface area contributed by atoms with Gasteiger partial charge in [-0.15, -0.1) is 0 Å². The van der Waals surface area contributed by atoms with Crippen LogP contribution in [0, 0.1) is 20.8 Å². The number of benzene rings is 1.